The monoisotopic (exact) mass is 198 g/mol. The van der Waals surface area contributed by atoms with Gasteiger partial charge in [0, 0.05) is 22.8 Å². The zero-order valence-electron chi connectivity index (χ0n) is 5.84. The quantitative estimate of drug-likeness (QED) is 0.713. The van der Waals surface area contributed by atoms with Gasteiger partial charge in [0.05, 0.1) is 0 Å². The van der Waals surface area contributed by atoms with Crippen LogP contribution in [0.5, 0.6) is 0 Å². The highest BCUT2D eigenvalue weighted by Crippen LogP contribution is 2.10. The molecular formula is C8H9BrN. The largest absolute Gasteiger partial charge is 0.261 e. The van der Waals surface area contributed by atoms with Crippen molar-refractivity contribution < 1.29 is 0 Å². The van der Waals surface area contributed by atoms with Crippen molar-refractivity contribution in [3.8, 4) is 0 Å². The van der Waals surface area contributed by atoms with Gasteiger partial charge in [0.2, 0.25) is 0 Å². The molecule has 0 amide bonds. The van der Waals surface area contributed by atoms with Crippen molar-refractivity contribution in [3.05, 3.63) is 34.9 Å². The van der Waals surface area contributed by atoms with Crippen molar-refractivity contribution >= 4 is 15.9 Å². The van der Waals surface area contributed by atoms with Gasteiger partial charge in [0.25, 0.3) is 0 Å². The molecule has 0 aliphatic carbocycles. The summed E-state index contributed by atoms with van der Waals surface area (Å²) in [5, 5.41) is 0. The summed E-state index contributed by atoms with van der Waals surface area (Å²) in [6.45, 7) is 2.10. The van der Waals surface area contributed by atoms with Gasteiger partial charge in [-0.1, -0.05) is 22.9 Å². The van der Waals surface area contributed by atoms with Gasteiger partial charge in [-0.2, -0.15) is 0 Å². The van der Waals surface area contributed by atoms with Crippen molar-refractivity contribution in [3.63, 3.8) is 0 Å². The Balaban J connectivity index is 2.75. The summed E-state index contributed by atoms with van der Waals surface area (Å²) in [6.07, 6.45) is 4.92. The van der Waals surface area contributed by atoms with E-state index < -0.39 is 0 Å². The van der Waals surface area contributed by atoms with Crippen molar-refractivity contribution in [1.29, 1.82) is 0 Å². The summed E-state index contributed by atoms with van der Waals surface area (Å²) in [5.41, 5.74) is 1.04. The Morgan fingerprint density at radius 2 is 2.50 bits per heavy atom. The van der Waals surface area contributed by atoms with Crippen molar-refractivity contribution in [2.45, 2.75) is 13.3 Å². The molecule has 1 rings (SSSR count). The maximum atomic E-state index is 4.14. The lowest BCUT2D eigenvalue weighted by molar-refractivity contribution is 1.06. The fourth-order valence-corrected chi connectivity index (χ4v) is 1.09. The zero-order valence-corrected chi connectivity index (χ0v) is 7.43. The topological polar surface area (TPSA) is 12.9 Å². The third-order valence-electron chi connectivity index (χ3n) is 1.16. The maximum absolute atomic E-state index is 4.14. The van der Waals surface area contributed by atoms with Gasteiger partial charge in [-0.3, -0.25) is 4.98 Å². The number of hydrogen-bond donors (Lipinski definition) is 0. The number of aromatic nitrogens is 1. The predicted octanol–water partition coefficient (Wildman–Crippen LogP) is 2.81. The molecule has 0 atom stereocenters. The first-order valence-corrected chi connectivity index (χ1v) is 4.07. The lowest BCUT2D eigenvalue weighted by atomic mass is 10.2. The van der Waals surface area contributed by atoms with E-state index in [1.54, 1.807) is 6.20 Å². The van der Waals surface area contributed by atoms with Gasteiger partial charge in [-0.25, -0.2) is 0 Å². The Morgan fingerprint density at radius 1 is 1.70 bits per heavy atom. The van der Waals surface area contributed by atoms with E-state index in [0.29, 0.717) is 0 Å². The van der Waals surface area contributed by atoms with E-state index in [-0.39, 0.29) is 0 Å². The first kappa shape index (κ1) is 7.73. The Morgan fingerprint density at radius 3 is 3.10 bits per heavy atom. The molecular weight excluding hydrogens is 190 g/mol. The first-order valence-electron chi connectivity index (χ1n) is 3.27. The third kappa shape index (κ3) is 2.10. The molecule has 2 heteroatoms. The van der Waals surface area contributed by atoms with Gasteiger partial charge in [0.1, 0.15) is 0 Å². The summed E-state index contributed by atoms with van der Waals surface area (Å²) in [5.74, 6) is 0. The molecule has 0 saturated heterocycles. The lowest BCUT2D eigenvalue weighted by Crippen LogP contribution is -1.83. The van der Waals surface area contributed by atoms with E-state index in [1.165, 1.54) is 0 Å². The average Bonchev–Trinajstić information content (AvgIpc) is 1.88. The molecule has 0 aliphatic heterocycles. The molecule has 10 heavy (non-hydrogen) atoms. The van der Waals surface area contributed by atoms with Crippen molar-refractivity contribution in [2.75, 3.05) is 0 Å². The minimum Gasteiger partial charge on any atom is -0.261 e. The van der Waals surface area contributed by atoms with Crippen LogP contribution in [0.3, 0.4) is 0 Å². The maximum Gasteiger partial charge on any atom is 0.0452 e. The molecule has 1 aromatic heterocycles. The molecule has 1 heterocycles. The minimum atomic E-state index is 1.03. The second-order valence-electron chi connectivity index (χ2n) is 2.01. The fourth-order valence-electron chi connectivity index (χ4n) is 0.742. The number of hydrogen-bond acceptors (Lipinski definition) is 1. The van der Waals surface area contributed by atoms with Crippen molar-refractivity contribution in [2.24, 2.45) is 0 Å². The van der Waals surface area contributed by atoms with E-state index in [0.717, 1.165) is 16.6 Å². The van der Waals surface area contributed by atoms with Crippen LogP contribution in [0.15, 0.2) is 22.8 Å². The molecule has 0 saturated carbocycles. The second kappa shape index (κ2) is 3.71. The van der Waals surface area contributed by atoms with Gasteiger partial charge < -0.3 is 0 Å². The molecule has 1 nitrogen and oxygen atoms in total. The highest BCUT2D eigenvalue weighted by atomic mass is 79.9. The highest BCUT2D eigenvalue weighted by molar-refractivity contribution is 9.10. The smallest absolute Gasteiger partial charge is 0.0452 e. The van der Waals surface area contributed by atoms with Crippen LogP contribution in [-0.4, -0.2) is 4.98 Å². The Labute approximate surface area is 69.6 Å². The molecule has 0 unspecified atom stereocenters. The van der Waals surface area contributed by atoms with E-state index >= 15 is 0 Å². The number of nitrogens with zero attached hydrogens (tertiary/aromatic N) is 1. The zero-order chi connectivity index (χ0) is 7.40. The van der Waals surface area contributed by atoms with E-state index in [4.69, 9.17) is 0 Å². The molecule has 0 bridgehead atoms. The molecule has 0 N–H and O–H groups in total. The minimum absolute atomic E-state index is 1.03. The van der Waals surface area contributed by atoms with Crippen molar-refractivity contribution in [1.82, 2.24) is 4.98 Å². The normalized spacial score (nSPS) is 9.80. The first-order chi connectivity index (χ1) is 4.83. The van der Waals surface area contributed by atoms with E-state index in [2.05, 4.69) is 34.3 Å². The average molecular weight is 199 g/mol. The van der Waals surface area contributed by atoms with Gasteiger partial charge >= 0.3 is 0 Å². The fraction of sp³-hybridized carbons (Fsp3) is 0.250. The van der Waals surface area contributed by atoms with Gasteiger partial charge in [0.15, 0.2) is 0 Å². The predicted molar refractivity (Wildman–Crippen MR) is 45.6 cm³/mol. The van der Waals surface area contributed by atoms with Crippen LogP contribution in [0.25, 0.3) is 0 Å². The van der Waals surface area contributed by atoms with Crippen LogP contribution in [0, 0.1) is 6.42 Å². The molecule has 0 aromatic carbocycles. The van der Waals surface area contributed by atoms with Crippen LogP contribution in [-0.2, 0) is 0 Å². The summed E-state index contributed by atoms with van der Waals surface area (Å²) in [4.78, 5) is 4.14. The Bertz CT molecular complexity index is 210. The summed E-state index contributed by atoms with van der Waals surface area (Å²) in [6, 6.07) is 3.93. The van der Waals surface area contributed by atoms with Crippen LogP contribution >= 0.6 is 15.9 Å². The van der Waals surface area contributed by atoms with Crippen LogP contribution in [0.1, 0.15) is 19.0 Å². The number of pyridine rings is 1. The van der Waals surface area contributed by atoms with Crippen LogP contribution in [0.4, 0.5) is 0 Å². The van der Waals surface area contributed by atoms with Crippen LogP contribution < -0.4 is 0 Å². The molecule has 1 radical (unpaired) electrons. The van der Waals surface area contributed by atoms with Gasteiger partial charge in [-0.15, -0.1) is 0 Å². The third-order valence-corrected chi connectivity index (χ3v) is 1.65. The Kier molecular flexibility index (Phi) is 2.87. The summed E-state index contributed by atoms with van der Waals surface area (Å²) < 4.78 is 1.09. The molecule has 0 spiro atoms. The molecule has 1 aromatic rings. The standard InChI is InChI=1S/C8H9BrN/c1-2-3-8-6-7(9)4-5-10-8/h3-6H,2H2,1H3. The summed E-state index contributed by atoms with van der Waals surface area (Å²) >= 11 is 3.37. The molecule has 0 fully saturated rings. The van der Waals surface area contributed by atoms with Crippen LogP contribution in [0.2, 0.25) is 0 Å². The SMILES string of the molecule is CC[CH]c1cc(Br)ccn1. The molecule has 53 valence electrons. The number of halogens is 1. The van der Waals surface area contributed by atoms with E-state index in [1.807, 2.05) is 12.1 Å². The lowest BCUT2D eigenvalue weighted by Gasteiger charge is -1.95. The van der Waals surface area contributed by atoms with Gasteiger partial charge in [-0.05, 0) is 18.6 Å². The second-order valence-corrected chi connectivity index (χ2v) is 2.93. The highest BCUT2D eigenvalue weighted by Gasteiger charge is 1.92. The molecule has 0 aliphatic rings. The van der Waals surface area contributed by atoms with E-state index in [9.17, 15) is 0 Å². The number of rotatable bonds is 2. The Hall–Kier alpha value is -0.370. The summed E-state index contributed by atoms with van der Waals surface area (Å²) in [7, 11) is 0.